The number of carbonyl (C=O) groups is 2. The molecule has 0 heterocycles. The van der Waals surface area contributed by atoms with E-state index in [9.17, 15) is 22.4 Å². The summed E-state index contributed by atoms with van der Waals surface area (Å²) in [6, 6.07) is 3.25. The lowest BCUT2D eigenvalue weighted by Crippen LogP contribution is -2.35. The molecule has 0 saturated carbocycles. The number of sulfonamides is 1. The van der Waals surface area contributed by atoms with E-state index in [1.54, 1.807) is 20.8 Å². The average molecular weight is 448 g/mol. The van der Waals surface area contributed by atoms with Gasteiger partial charge in [-0.3, -0.25) is 9.52 Å². The SMILES string of the molecule is CC(C)(C)C(=O)OCOC(=O)C1=CCCCC1S(=O)(=O)Nc1ccc(F)cc1Cl. The van der Waals surface area contributed by atoms with Gasteiger partial charge in [-0.2, -0.15) is 0 Å². The van der Waals surface area contributed by atoms with Crippen molar-refractivity contribution in [1.29, 1.82) is 0 Å². The van der Waals surface area contributed by atoms with Crippen LogP contribution in [0.2, 0.25) is 5.02 Å². The number of halogens is 2. The van der Waals surface area contributed by atoms with Gasteiger partial charge in [0.1, 0.15) is 11.1 Å². The van der Waals surface area contributed by atoms with Crippen LogP contribution in [0.15, 0.2) is 29.8 Å². The first-order chi connectivity index (χ1) is 13.4. The molecule has 1 aliphatic carbocycles. The summed E-state index contributed by atoms with van der Waals surface area (Å²) < 4.78 is 51.0. The van der Waals surface area contributed by atoms with Crippen LogP contribution in [-0.4, -0.2) is 32.4 Å². The molecule has 29 heavy (non-hydrogen) atoms. The molecule has 1 atom stereocenters. The molecule has 10 heteroatoms. The molecule has 0 bridgehead atoms. The molecule has 0 saturated heterocycles. The zero-order valence-electron chi connectivity index (χ0n) is 16.3. The highest BCUT2D eigenvalue weighted by atomic mass is 35.5. The van der Waals surface area contributed by atoms with Gasteiger partial charge in [-0.05, 0) is 58.2 Å². The molecule has 0 aliphatic heterocycles. The Hall–Kier alpha value is -2.13. The van der Waals surface area contributed by atoms with Crippen LogP contribution < -0.4 is 4.72 Å². The second-order valence-corrected chi connectivity index (χ2v) is 9.85. The van der Waals surface area contributed by atoms with Crippen molar-refractivity contribution in [3.63, 3.8) is 0 Å². The summed E-state index contributed by atoms with van der Waals surface area (Å²) >= 11 is 5.89. The molecule has 0 spiro atoms. The fraction of sp³-hybridized carbons (Fsp3) is 0.474. The fourth-order valence-corrected chi connectivity index (χ4v) is 4.52. The molecule has 1 N–H and O–H groups in total. The molecule has 2 rings (SSSR count). The van der Waals surface area contributed by atoms with Gasteiger partial charge in [0.25, 0.3) is 0 Å². The molecule has 0 radical (unpaired) electrons. The molecule has 0 fully saturated rings. The van der Waals surface area contributed by atoms with Crippen molar-refractivity contribution in [2.24, 2.45) is 5.41 Å². The van der Waals surface area contributed by atoms with Gasteiger partial charge in [-0.1, -0.05) is 17.7 Å². The molecule has 0 aromatic heterocycles. The second-order valence-electron chi connectivity index (χ2n) is 7.58. The Bertz CT molecular complexity index is 923. The Morgan fingerprint density at radius 1 is 1.28 bits per heavy atom. The summed E-state index contributed by atoms with van der Waals surface area (Å²) in [5.41, 5.74) is -0.806. The number of rotatable bonds is 6. The van der Waals surface area contributed by atoms with E-state index in [0.29, 0.717) is 12.8 Å². The predicted molar refractivity (Wildman–Crippen MR) is 106 cm³/mol. The number of benzene rings is 1. The van der Waals surface area contributed by atoms with E-state index in [-0.39, 0.29) is 22.7 Å². The van der Waals surface area contributed by atoms with Gasteiger partial charge in [0.05, 0.1) is 21.7 Å². The molecule has 1 aliphatic rings. The lowest BCUT2D eigenvalue weighted by Gasteiger charge is -2.24. The summed E-state index contributed by atoms with van der Waals surface area (Å²) in [5.74, 6) is -2.05. The maximum atomic E-state index is 13.2. The van der Waals surface area contributed by atoms with E-state index < -0.39 is 45.2 Å². The first-order valence-corrected chi connectivity index (χ1v) is 10.9. The van der Waals surface area contributed by atoms with Crippen molar-refractivity contribution in [2.75, 3.05) is 11.5 Å². The molecule has 0 amide bonds. The molecular formula is C19H23ClFNO6S. The normalized spacial score (nSPS) is 17.3. The van der Waals surface area contributed by atoms with Gasteiger partial charge >= 0.3 is 11.9 Å². The highest BCUT2D eigenvalue weighted by molar-refractivity contribution is 7.93. The second kappa shape index (κ2) is 9.13. The predicted octanol–water partition coefficient (Wildman–Crippen LogP) is 3.79. The number of ether oxygens (including phenoxy) is 2. The minimum absolute atomic E-state index is 0.00506. The molecule has 7 nitrogen and oxygen atoms in total. The maximum Gasteiger partial charge on any atom is 0.337 e. The van der Waals surface area contributed by atoms with Crippen LogP contribution in [0.3, 0.4) is 0 Å². The van der Waals surface area contributed by atoms with E-state index in [1.807, 2.05) is 0 Å². The largest absolute Gasteiger partial charge is 0.427 e. The van der Waals surface area contributed by atoms with Gasteiger partial charge in [0.15, 0.2) is 0 Å². The van der Waals surface area contributed by atoms with Crippen molar-refractivity contribution in [3.05, 3.63) is 40.7 Å². The summed E-state index contributed by atoms with van der Waals surface area (Å²) in [5, 5.41) is -1.28. The first kappa shape index (κ1) is 23.2. The highest BCUT2D eigenvalue weighted by Gasteiger charge is 2.36. The fourth-order valence-electron chi connectivity index (χ4n) is 2.62. The summed E-state index contributed by atoms with van der Waals surface area (Å²) in [4.78, 5) is 24.1. The number of hydrogen-bond acceptors (Lipinski definition) is 6. The first-order valence-electron chi connectivity index (χ1n) is 8.93. The monoisotopic (exact) mass is 447 g/mol. The lowest BCUT2D eigenvalue weighted by atomic mass is 9.98. The Morgan fingerprint density at radius 3 is 2.59 bits per heavy atom. The topological polar surface area (TPSA) is 98.8 Å². The van der Waals surface area contributed by atoms with Crippen LogP contribution in [0.4, 0.5) is 10.1 Å². The molecule has 160 valence electrons. The zero-order chi connectivity index (χ0) is 21.8. The van der Waals surface area contributed by atoms with Crippen LogP contribution in [0.25, 0.3) is 0 Å². The van der Waals surface area contributed by atoms with Crippen LogP contribution in [0.5, 0.6) is 0 Å². The number of nitrogens with one attached hydrogen (secondary N) is 1. The summed E-state index contributed by atoms with van der Waals surface area (Å²) in [6.45, 7) is 4.33. The van der Waals surface area contributed by atoms with E-state index in [0.717, 1.165) is 12.1 Å². The maximum absolute atomic E-state index is 13.2. The highest BCUT2D eigenvalue weighted by Crippen LogP contribution is 2.30. The van der Waals surface area contributed by atoms with Crippen LogP contribution >= 0.6 is 11.6 Å². The molecule has 1 unspecified atom stereocenters. The Balaban J connectivity index is 2.10. The Labute approximate surface area is 174 Å². The molecule has 1 aromatic rings. The van der Waals surface area contributed by atoms with Crippen molar-refractivity contribution in [2.45, 2.75) is 45.3 Å². The van der Waals surface area contributed by atoms with Crippen molar-refractivity contribution in [3.8, 4) is 0 Å². The van der Waals surface area contributed by atoms with E-state index in [1.165, 1.54) is 12.1 Å². The number of carbonyl (C=O) groups excluding carboxylic acids is 2. The number of esters is 2. The third-order valence-corrected chi connectivity index (χ3v) is 6.22. The van der Waals surface area contributed by atoms with Gasteiger partial charge < -0.3 is 9.47 Å². The van der Waals surface area contributed by atoms with Gasteiger partial charge in [-0.15, -0.1) is 0 Å². The zero-order valence-corrected chi connectivity index (χ0v) is 17.9. The minimum Gasteiger partial charge on any atom is -0.427 e. The van der Waals surface area contributed by atoms with Gasteiger partial charge in [0, 0.05) is 0 Å². The number of allylic oxidation sites excluding steroid dienone is 1. The third-order valence-electron chi connectivity index (χ3n) is 4.17. The van der Waals surface area contributed by atoms with Gasteiger partial charge in [0.2, 0.25) is 16.8 Å². The lowest BCUT2D eigenvalue weighted by molar-refractivity contribution is -0.171. The number of anilines is 1. The molecular weight excluding hydrogens is 425 g/mol. The average Bonchev–Trinajstić information content (AvgIpc) is 2.63. The van der Waals surface area contributed by atoms with Gasteiger partial charge in [-0.25, -0.2) is 17.6 Å². The van der Waals surface area contributed by atoms with E-state index in [2.05, 4.69) is 4.72 Å². The third kappa shape index (κ3) is 6.17. The van der Waals surface area contributed by atoms with E-state index in [4.69, 9.17) is 21.1 Å². The van der Waals surface area contributed by atoms with Crippen LogP contribution in [0.1, 0.15) is 40.0 Å². The van der Waals surface area contributed by atoms with Crippen LogP contribution in [0, 0.1) is 11.2 Å². The van der Waals surface area contributed by atoms with Crippen molar-refractivity contribution in [1.82, 2.24) is 0 Å². The van der Waals surface area contributed by atoms with E-state index >= 15 is 0 Å². The standard InChI is InChI=1S/C19H23ClFNO6S/c1-19(2,3)18(24)28-11-27-17(23)13-6-4-5-7-16(13)29(25,26)22-15-9-8-12(21)10-14(15)20/h6,8-10,16,22H,4-5,7,11H2,1-3H3. The number of hydrogen-bond donors (Lipinski definition) is 1. The summed E-state index contributed by atoms with van der Waals surface area (Å²) in [6.07, 6.45) is 2.75. The minimum atomic E-state index is -4.06. The van der Waals surface area contributed by atoms with Crippen LogP contribution in [-0.2, 0) is 29.1 Å². The van der Waals surface area contributed by atoms with Crippen molar-refractivity contribution >= 4 is 39.3 Å². The Morgan fingerprint density at radius 2 is 1.97 bits per heavy atom. The summed E-state index contributed by atoms with van der Waals surface area (Å²) in [7, 11) is -4.06. The Kier molecular flexibility index (Phi) is 7.29. The smallest absolute Gasteiger partial charge is 0.337 e. The van der Waals surface area contributed by atoms with Crippen molar-refractivity contribution < 1.29 is 31.9 Å². The quantitative estimate of drug-likeness (QED) is 0.526. The molecule has 1 aromatic carbocycles.